The van der Waals surface area contributed by atoms with Crippen LogP contribution in [-0.2, 0) is 9.59 Å². The van der Waals surface area contributed by atoms with E-state index >= 15 is 0 Å². The first-order chi connectivity index (χ1) is 9.43. The van der Waals surface area contributed by atoms with E-state index < -0.39 is 0 Å². The van der Waals surface area contributed by atoms with E-state index in [0.29, 0.717) is 0 Å². The lowest BCUT2D eigenvalue weighted by atomic mass is 10.1. The van der Waals surface area contributed by atoms with Crippen LogP contribution in [0.2, 0.25) is 0 Å². The van der Waals surface area contributed by atoms with Gasteiger partial charge < -0.3 is 10.1 Å². The number of hydrogen-bond donors (Lipinski definition) is 3. The van der Waals surface area contributed by atoms with Crippen molar-refractivity contribution < 1.29 is 14.3 Å². The molecule has 0 aromatic heterocycles. The summed E-state index contributed by atoms with van der Waals surface area (Å²) in [7, 11) is 1.60. The number of nitrogens with one attached hydrogen (secondary N) is 3. The summed E-state index contributed by atoms with van der Waals surface area (Å²) >= 11 is 3.42. The largest absolute Gasteiger partial charge is 0.496 e. The maximum absolute atomic E-state index is 11.4. The molecule has 0 bridgehead atoms. The quantitative estimate of drug-likeness (QED) is 0.703. The molecule has 110 valence electrons. The van der Waals surface area contributed by atoms with E-state index in [1.165, 1.54) is 6.92 Å². The minimum absolute atomic E-state index is 0.0136. The summed E-state index contributed by atoms with van der Waals surface area (Å²) in [6.07, 6.45) is 0. The minimum Gasteiger partial charge on any atom is -0.496 e. The van der Waals surface area contributed by atoms with E-state index in [9.17, 15) is 9.59 Å². The predicted molar refractivity (Wildman–Crippen MR) is 79.1 cm³/mol. The Balaban J connectivity index is 2.50. The summed E-state index contributed by atoms with van der Waals surface area (Å²) in [5, 5.41) is 3.06. The second-order valence-corrected chi connectivity index (χ2v) is 5.08. The van der Waals surface area contributed by atoms with Gasteiger partial charge in [-0.05, 0) is 40.5 Å². The van der Waals surface area contributed by atoms with Gasteiger partial charge in [0.15, 0.2) is 0 Å². The average molecular weight is 344 g/mol. The van der Waals surface area contributed by atoms with Crippen LogP contribution in [0.25, 0.3) is 0 Å². The third-order valence-corrected chi connectivity index (χ3v) is 3.24. The summed E-state index contributed by atoms with van der Waals surface area (Å²) < 4.78 is 6.02. The second-order valence-electron chi connectivity index (χ2n) is 4.23. The van der Waals surface area contributed by atoms with Crippen LogP contribution < -0.4 is 20.9 Å². The van der Waals surface area contributed by atoms with Crippen molar-refractivity contribution in [3.05, 3.63) is 28.2 Å². The number of carbonyl (C=O) groups is 2. The molecule has 0 spiro atoms. The molecule has 0 saturated carbocycles. The lowest BCUT2D eigenvalue weighted by Gasteiger charge is -2.15. The Bertz CT molecular complexity index is 494. The fourth-order valence-corrected chi connectivity index (χ4v) is 2.08. The number of methoxy groups -OCH3 is 1. The van der Waals surface area contributed by atoms with Crippen LogP contribution in [-0.4, -0.2) is 25.5 Å². The van der Waals surface area contributed by atoms with Gasteiger partial charge in [-0.2, -0.15) is 0 Å². The fourth-order valence-electron chi connectivity index (χ4n) is 1.52. The molecule has 0 aliphatic heterocycles. The van der Waals surface area contributed by atoms with Gasteiger partial charge in [0.2, 0.25) is 5.91 Å². The Morgan fingerprint density at radius 1 is 1.35 bits per heavy atom. The summed E-state index contributed by atoms with van der Waals surface area (Å²) in [6, 6.07) is 5.70. The van der Waals surface area contributed by atoms with Crippen molar-refractivity contribution in [3.8, 4) is 5.75 Å². The highest BCUT2D eigenvalue weighted by Gasteiger charge is 2.10. The van der Waals surface area contributed by atoms with Gasteiger partial charge in [-0.1, -0.05) is 6.07 Å². The number of ether oxygens (including phenoxy) is 1. The molecule has 2 amide bonds. The monoisotopic (exact) mass is 343 g/mol. The zero-order valence-electron chi connectivity index (χ0n) is 11.6. The van der Waals surface area contributed by atoms with E-state index in [2.05, 4.69) is 32.1 Å². The summed E-state index contributed by atoms with van der Waals surface area (Å²) in [6.45, 7) is 3.37. The first-order valence-corrected chi connectivity index (χ1v) is 6.85. The van der Waals surface area contributed by atoms with Crippen molar-refractivity contribution in [2.45, 2.75) is 19.9 Å². The standard InChI is InChI=1S/C13H18BrN3O3/c1-8(15-7-13(19)17-16-9(2)18)10-4-5-12(20-3)11(14)6-10/h4-6,8,15H,7H2,1-3H3,(H,16,18)(H,17,19)/t8-/m0/s1. The Hall–Kier alpha value is -1.60. The highest BCUT2D eigenvalue weighted by molar-refractivity contribution is 9.10. The number of halogens is 1. The topological polar surface area (TPSA) is 79.5 Å². The predicted octanol–water partition coefficient (Wildman–Crippen LogP) is 1.28. The Kier molecular flexibility index (Phi) is 6.47. The molecule has 6 nitrogen and oxygen atoms in total. The minimum atomic E-state index is -0.314. The molecular weight excluding hydrogens is 326 g/mol. The molecule has 7 heteroatoms. The number of hydrazine groups is 1. The van der Waals surface area contributed by atoms with Crippen LogP contribution in [0.4, 0.5) is 0 Å². The fraction of sp³-hybridized carbons (Fsp3) is 0.385. The first kappa shape index (κ1) is 16.5. The molecule has 0 heterocycles. The van der Waals surface area contributed by atoms with Crippen LogP contribution in [0.5, 0.6) is 5.75 Å². The van der Waals surface area contributed by atoms with Gasteiger partial charge in [-0.25, -0.2) is 0 Å². The lowest BCUT2D eigenvalue weighted by molar-refractivity contribution is -0.127. The van der Waals surface area contributed by atoms with Gasteiger partial charge in [-0.15, -0.1) is 0 Å². The molecular formula is C13H18BrN3O3. The normalized spacial score (nSPS) is 11.6. The summed E-state index contributed by atoms with van der Waals surface area (Å²) in [5.41, 5.74) is 5.54. The third-order valence-electron chi connectivity index (χ3n) is 2.62. The SMILES string of the molecule is COc1ccc([C@H](C)NCC(=O)NNC(C)=O)cc1Br. The number of carbonyl (C=O) groups excluding carboxylic acids is 2. The van der Waals surface area contributed by atoms with Crippen molar-refractivity contribution in [1.29, 1.82) is 0 Å². The molecule has 3 N–H and O–H groups in total. The van der Waals surface area contributed by atoms with E-state index in [1.807, 2.05) is 25.1 Å². The number of hydrogen-bond acceptors (Lipinski definition) is 4. The maximum Gasteiger partial charge on any atom is 0.252 e. The van der Waals surface area contributed by atoms with Crippen molar-refractivity contribution >= 4 is 27.7 Å². The molecule has 1 aromatic rings. The number of benzene rings is 1. The van der Waals surface area contributed by atoms with E-state index in [1.54, 1.807) is 7.11 Å². The van der Waals surface area contributed by atoms with Crippen molar-refractivity contribution in [1.82, 2.24) is 16.2 Å². The van der Waals surface area contributed by atoms with Crippen LogP contribution >= 0.6 is 15.9 Å². The van der Waals surface area contributed by atoms with E-state index in [4.69, 9.17) is 4.74 Å². The third kappa shape index (κ3) is 5.18. The second kappa shape index (κ2) is 7.86. The average Bonchev–Trinajstić information content (AvgIpc) is 2.42. The molecule has 1 rings (SSSR count). The molecule has 0 fully saturated rings. The van der Waals surface area contributed by atoms with Crippen molar-refractivity contribution in [2.75, 3.05) is 13.7 Å². The van der Waals surface area contributed by atoms with Gasteiger partial charge in [0.25, 0.3) is 5.91 Å². The molecule has 20 heavy (non-hydrogen) atoms. The Morgan fingerprint density at radius 3 is 2.60 bits per heavy atom. The highest BCUT2D eigenvalue weighted by atomic mass is 79.9. The molecule has 0 radical (unpaired) electrons. The molecule has 0 unspecified atom stereocenters. The smallest absolute Gasteiger partial charge is 0.252 e. The van der Waals surface area contributed by atoms with Crippen molar-refractivity contribution in [3.63, 3.8) is 0 Å². The van der Waals surface area contributed by atoms with Crippen LogP contribution in [0.3, 0.4) is 0 Å². The highest BCUT2D eigenvalue weighted by Crippen LogP contribution is 2.27. The maximum atomic E-state index is 11.4. The molecule has 0 saturated heterocycles. The number of rotatable bonds is 5. The van der Waals surface area contributed by atoms with Gasteiger partial charge in [-0.3, -0.25) is 20.4 Å². The summed E-state index contributed by atoms with van der Waals surface area (Å²) in [4.78, 5) is 22.1. The number of amides is 2. The van der Waals surface area contributed by atoms with Gasteiger partial charge in [0, 0.05) is 13.0 Å². The molecule has 0 aliphatic rings. The zero-order valence-corrected chi connectivity index (χ0v) is 13.2. The van der Waals surface area contributed by atoms with Gasteiger partial charge in [0.05, 0.1) is 18.1 Å². The lowest BCUT2D eigenvalue weighted by Crippen LogP contribution is -2.44. The first-order valence-electron chi connectivity index (χ1n) is 6.06. The molecule has 1 atom stereocenters. The van der Waals surface area contributed by atoms with E-state index in [0.717, 1.165) is 15.8 Å². The molecule has 1 aromatic carbocycles. The zero-order chi connectivity index (χ0) is 15.1. The van der Waals surface area contributed by atoms with E-state index in [-0.39, 0.29) is 24.4 Å². The molecule has 0 aliphatic carbocycles. The Labute approximate surface area is 126 Å². The summed E-state index contributed by atoms with van der Waals surface area (Å²) in [5.74, 6) is 0.134. The Morgan fingerprint density at radius 2 is 2.05 bits per heavy atom. The van der Waals surface area contributed by atoms with Crippen LogP contribution in [0, 0.1) is 0 Å². The van der Waals surface area contributed by atoms with Gasteiger partial charge >= 0.3 is 0 Å². The van der Waals surface area contributed by atoms with Gasteiger partial charge in [0.1, 0.15) is 5.75 Å². The van der Waals surface area contributed by atoms with Crippen LogP contribution in [0.15, 0.2) is 22.7 Å². The van der Waals surface area contributed by atoms with Crippen LogP contribution in [0.1, 0.15) is 25.5 Å². The van der Waals surface area contributed by atoms with Crippen molar-refractivity contribution in [2.24, 2.45) is 0 Å².